The van der Waals surface area contributed by atoms with Crippen molar-refractivity contribution in [1.29, 1.82) is 0 Å². The number of nitrogens with one attached hydrogen (secondary N) is 2. The van der Waals surface area contributed by atoms with Crippen molar-refractivity contribution >= 4 is 27.7 Å². The number of carbonyl (C=O) groups excluding carboxylic acids is 1. The number of carbonyl (C=O) groups is 1. The molecule has 2 aromatic rings. The van der Waals surface area contributed by atoms with E-state index in [2.05, 4.69) is 15.4 Å². The monoisotopic (exact) mass is 610 g/mol. The number of hydrogen-bond acceptors (Lipinski definition) is 9. The van der Waals surface area contributed by atoms with Crippen LogP contribution in [0.4, 0.5) is 37.8 Å². The van der Waals surface area contributed by atoms with E-state index < -0.39 is 64.5 Å². The molecule has 2 aliphatic rings. The van der Waals surface area contributed by atoms with Gasteiger partial charge in [0, 0.05) is 46.8 Å². The van der Waals surface area contributed by atoms with Gasteiger partial charge in [0.15, 0.2) is 6.10 Å². The van der Waals surface area contributed by atoms with Gasteiger partial charge in [-0.25, -0.2) is 10.1 Å². The number of amides is 1. The molecular weight excluding hydrogens is 582 g/mol. The number of aliphatic hydroxyl groups excluding tert-OH is 1. The molecule has 41 heavy (non-hydrogen) atoms. The zero-order valence-electron chi connectivity index (χ0n) is 22.0. The third kappa shape index (κ3) is 7.17. The van der Waals surface area contributed by atoms with Crippen LogP contribution in [0.15, 0.2) is 23.3 Å². The van der Waals surface area contributed by atoms with Crippen molar-refractivity contribution in [2.24, 2.45) is 0 Å². The first-order chi connectivity index (χ1) is 19.1. The Kier molecular flexibility index (Phi) is 8.67. The number of fused-ring (bicyclic) bond motifs is 3. The van der Waals surface area contributed by atoms with Crippen LogP contribution in [0, 0.1) is 0 Å². The Hall–Kier alpha value is -3.22. The molecule has 0 aliphatic carbocycles. The van der Waals surface area contributed by atoms with E-state index >= 15 is 0 Å². The molecule has 1 amide bonds. The van der Waals surface area contributed by atoms with Crippen LogP contribution in [-0.2, 0) is 33.2 Å². The van der Waals surface area contributed by atoms with Crippen LogP contribution >= 0.6 is 0 Å². The molecule has 2 aliphatic heterocycles. The molecule has 0 unspecified atom stereocenters. The van der Waals surface area contributed by atoms with Gasteiger partial charge in [0.25, 0.3) is 11.5 Å². The number of anilines is 2. The minimum atomic E-state index is -4.92. The summed E-state index contributed by atoms with van der Waals surface area (Å²) >= 11 is 0. The van der Waals surface area contributed by atoms with E-state index in [1.807, 2.05) is 0 Å². The fourth-order valence-electron chi connectivity index (χ4n) is 4.69. The lowest BCUT2D eigenvalue weighted by Gasteiger charge is -2.41. The molecule has 0 spiro atoms. The van der Waals surface area contributed by atoms with Gasteiger partial charge in [-0.1, -0.05) is 0 Å². The summed E-state index contributed by atoms with van der Waals surface area (Å²) in [7, 11) is 0.256. The average Bonchev–Trinajstić information content (AvgIpc) is 3.04. The van der Waals surface area contributed by atoms with E-state index in [0.717, 1.165) is 18.5 Å². The van der Waals surface area contributed by atoms with Crippen LogP contribution in [0.5, 0.6) is 0 Å². The van der Waals surface area contributed by atoms with E-state index in [-0.39, 0.29) is 55.3 Å². The third-order valence-electron chi connectivity index (χ3n) is 6.54. The van der Waals surface area contributed by atoms with Crippen LogP contribution in [0.3, 0.4) is 0 Å². The Morgan fingerprint density at radius 2 is 2.00 bits per heavy atom. The number of aliphatic hydroxyl groups is 1. The molecule has 3 atom stereocenters. The van der Waals surface area contributed by atoms with Gasteiger partial charge in [0.1, 0.15) is 11.4 Å². The van der Waals surface area contributed by atoms with E-state index in [1.165, 1.54) is 4.90 Å². The Bertz CT molecular complexity index is 1320. The maximum Gasteiger partial charge on any atom is 0.423 e. The molecule has 4 rings (SSSR count). The number of piperazine rings is 1. The Morgan fingerprint density at radius 1 is 1.27 bits per heavy atom. The molecule has 1 saturated heterocycles. The molecular formula is C23H28F6N6O5Si. The maximum atomic E-state index is 13.3. The van der Waals surface area contributed by atoms with Gasteiger partial charge in [0.05, 0.1) is 49.9 Å². The van der Waals surface area contributed by atoms with Crippen molar-refractivity contribution in [2.45, 2.75) is 43.2 Å². The Labute approximate surface area is 232 Å². The normalized spacial score (nSPS) is 20.0. The summed E-state index contributed by atoms with van der Waals surface area (Å²) in [6, 6.07) is 0.588. The van der Waals surface area contributed by atoms with E-state index in [4.69, 9.17) is 9.47 Å². The van der Waals surface area contributed by atoms with E-state index in [9.17, 15) is 41.0 Å². The fourth-order valence-corrected chi connectivity index (χ4v) is 5.16. The average molecular weight is 611 g/mol. The van der Waals surface area contributed by atoms with Crippen LogP contribution < -0.4 is 15.8 Å². The summed E-state index contributed by atoms with van der Waals surface area (Å²) < 4.78 is 90.3. The minimum absolute atomic E-state index is 0.0747. The van der Waals surface area contributed by atoms with Crippen LogP contribution in [-0.4, -0.2) is 98.1 Å². The predicted octanol–water partition coefficient (Wildman–Crippen LogP) is 0.321. The number of halogens is 6. The van der Waals surface area contributed by atoms with Crippen LogP contribution in [0.1, 0.15) is 23.6 Å². The number of aromatic amines is 1. The van der Waals surface area contributed by atoms with Crippen molar-refractivity contribution in [3.63, 3.8) is 0 Å². The number of rotatable bonds is 7. The molecule has 11 nitrogen and oxygen atoms in total. The van der Waals surface area contributed by atoms with Crippen molar-refractivity contribution in [3.8, 4) is 0 Å². The van der Waals surface area contributed by atoms with Gasteiger partial charge in [-0.2, -0.15) is 31.4 Å². The standard InChI is InChI=1S/C23H28F6N6O5Si/c1-21(41,32-15-6-31-33-19(37)17(15)23(27,28)29)11-40-10-16(36)20(38)34-2-3-35-14(7-34)9-39-8-12-4-13(22(24,25)26)5-30-18(12)35/h4-6,14,16,36H,2-3,7-11H2,1,41H3,(H2,32,33,37)/t14-,16-,21+/m1/s1. The summed E-state index contributed by atoms with van der Waals surface area (Å²) in [5, 5.41) is 17.2. The van der Waals surface area contributed by atoms with Gasteiger partial charge in [0.2, 0.25) is 0 Å². The summed E-state index contributed by atoms with van der Waals surface area (Å²) in [6.45, 7) is 1.50. The number of hydrogen-bond donors (Lipinski definition) is 3. The molecule has 226 valence electrons. The van der Waals surface area contributed by atoms with Crippen molar-refractivity contribution < 1.29 is 45.7 Å². The Balaban J connectivity index is 1.33. The topological polar surface area (TPSA) is 133 Å². The lowest BCUT2D eigenvalue weighted by Crippen LogP contribution is -2.58. The molecule has 2 aromatic heterocycles. The van der Waals surface area contributed by atoms with Gasteiger partial charge in [-0.3, -0.25) is 9.59 Å². The molecule has 0 saturated carbocycles. The zero-order chi connectivity index (χ0) is 30.2. The van der Waals surface area contributed by atoms with Crippen molar-refractivity contribution in [2.75, 3.05) is 49.7 Å². The zero-order valence-corrected chi connectivity index (χ0v) is 24.0. The largest absolute Gasteiger partial charge is 0.423 e. The number of nitrogens with zero attached hydrogens (tertiary/aromatic N) is 4. The molecule has 1 fully saturated rings. The highest BCUT2D eigenvalue weighted by Crippen LogP contribution is 2.34. The minimum Gasteiger partial charge on any atom is -0.381 e. The van der Waals surface area contributed by atoms with E-state index in [0.29, 0.717) is 5.82 Å². The first-order valence-electron chi connectivity index (χ1n) is 12.4. The van der Waals surface area contributed by atoms with Crippen LogP contribution in [0.2, 0.25) is 0 Å². The number of H-pyrrole nitrogens is 1. The molecule has 18 heteroatoms. The summed E-state index contributed by atoms with van der Waals surface area (Å²) in [6.07, 6.45) is -9.43. The number of ether oxygens (including phenoxy) is 2. The molecule has 0 aromatic carbocycles. The van der Waals surface area contributed by atoms with Crippen molar-refractivity contribution in [3.05, 3.63) is 45.5 Å². The second kappa shape index (κ2) is 11.6. The number of alkyl halides is 6. The van der Waals surface area contributed by atoms with Crippen LogP contribution in [0.25, 0.3) is 0 Å². The second-order valence-electron chi connectivity index (χ2n) is 10.4. The lowest BCUT2D eigenvalue weighted by molar-refractivity contribution is -0.144. The number of pyridine rings is 1. The SMILES string of the molecule is C[C@]([SiH3])(COC[C@@H](O)C(=O)N1CCN2c3ncc(C(F)(F)F)cc3COC[C@H]2C1)Nc1cn[nH]c(=O)c1C(F)(F)F. The second-order valence-corrected chi connectivity index (χ2v) is 12.6. The molecule has 0 radical (unpaired) electrons. The number of aromatic nitrogens is 3. The van der Waals surface area contributed by atoms with Gasteiger partial charge < -0.3 is 29.7 Å². The molecule has 0 bridgehead atoms. The van der Waals surface area contributed by atoms with E-state index in [1.54, 1.807) is 16.9 Å². The van der Waals surface area contributed by atoms with Gasteiger partial charge in [-0.05, 0) is 13.0 Å². The first kappa shape index (κ1) is 30.7. The van der Waals surface area contributed by atoms with Gasteiger partial charge >= 0.3 is 12.4 Å². The smallest absolute Gasteiger partial charge is 0.381 e. The highest BCUT2D eigenvalue weighted by atomic mass is 28.1. The predicted molar refractivity (Wildman–Crippen MR) is 135 cm³/mol. The highest BCUT2D eigenvalue weighted by Gasteiger charge is 2.39. The summed E-state index contributed by atoms with van der Waals surface area (Å²) in [5.41, 5.74) is -3.94. The van der Waals surface area contributed by atoms with Gasteiger partial charge in [-0.15, -0.1) is 0 Å². The highest BCUT2D eigenvalue weighted by molar-refractivity contribution is 6.16. The molecule has 4 heterocycles. The maximum absolute atomic E-state index is 13.3. The molecule has 3 N–H and O–H groups in total. The first-order valence-corrected chi connectivity index (χ1v) is 13.4. The lowest BCUT2D eigenvalue weighted by atomic mass is 10.1. The summed E-state index contributed by atoms with van der Waals surface area (Å²) in [5.74, 6) is -0.296. The Morgan fingerprint density at radius 3 is 2.68 bits per heavy atom. The summed E-state index contributed by atoms with van der Waals surface area (Å²) in [4.78, 5) is 31.8. The quantitative estimate of drug-likeness (QED) is 0.300. The van der Waals surface area contributed by atoms with Crippen molar-refractivity contribution in [1.82, 2.24) is 20.1 Å². The third-order valence-corrected chi connectivity index (χ3v) is 7.08. The fraction of sp³-hybridized carbons (Fsp3) is 0.565.